The lowest BCUT2D eigenvalue weighted by Gasteiger charge is -2.09. The van der Waals surface area contributed by atoms with Crippen molar-refractivity contribution in [3.8, 4) is 35.1 Å². The van der Waals surface area contributed by atoms with Gasteiger partial charge in [-0.1, -0.05) is 36.4 Å². The van der Waals surface area contributed by atoms with Crippen LogP contribution in [0.25, 0.3) is 12.2 Å². The van der Waals surface area contributed by atoms with Gasteiger partial charge in [0.2, 0.25) is 13.6 Å². The highest BCUT2D eigenvalue weighted by atomic mass is 16.7. The Balaban J connectivity index is 1.17. The van der Waals surface area contributed by atoms with Gasteiger partial charge < -0.3 is 29.6 Å². The maximum Gasteiger partial charge on any atom is 0.262 e. The van der Waals surface area contributed by atoms with Crippen LogP contribution < -0.4 is 29.6 Å². The Bertz CT molecular complexity index is 1510. The summed E-state index contributed by atoms with van der Waals surface area (Å²) in [6.45, 7) is 0.616. The van der Waals surface area contributed by atoms with E-state index in [0.29, 0.717) is 34.1 Å². The number of amides is 2. The number of hydrogen-bond donors (Lipinski definition) is 2. The number of ether oxygens (including phenoxy) is 4. The van der Waals surface area contributed by atoms with E-state index in [1.165, 1.54) is 12.2 Å². The van der Waals surface area contributed by atoms with Gasteiger partial charge in [0.25, 0.3) is 11.8 Å². The first kappa shape index (κ1) is 25.9. The Hall–Kier alpha value is -5.74. The maximum absolute atomic E-state index is 12.6. The van der Waals surface area contributed by atoms with E-state index in [1.807, 2.05) is 30.3 Å². The van der Waals surface area contributed by atoms with Crippen molar-refractivity contribution >= 4 is 24.0 Å². The zero-order chi connectivity index (χ0) is 27.9. The van der Waals surface area contributed by atoms with Gasteiger partial charge in [-0.2, -0.15) is 10.5 Å². The van der Waals surface area contributed by atoms with Gasteiger partial charge >= 0.3 is 0 Å². The molecule has 2 aliphatic rings. The largest absolute Gasteiger partial charge is 0.454 e. The van der Waals surface area contributed by atoms with Crippen LogP contribution in [0.15, 0.2) is 71.8 Å². The predicted octanol–water partition coefficient (Wildman–Crippen LogP) is 3.59. The number of carbonyl (C=O) groups is 2. The zero-order valence-electron chi connectivity index (χ0n) is 21.1. The van der Waals surface area contributed by atoms with E-state index in [0.717, 1.165) is 11.1 Å². The fourth-order valence-corrected chi connectivity index (χ4v) is 4.04. The molecule has 198 valence electrons. The molecule has 0 aliphatic carbocycles. The Labute approximate surface area is 229 Å². The molecule has 0 aromatic heterocycles. The van der Waals surface area contributed by atoms with Crippen molar-refractivity contribution < 1.29 is 28.5 Å². The SMILES string of the molecule is N#C/C(=C\c1ccc2c(c1)OCO2)C(=O)NCc1cccc(CNC(=O)/C(C#N)=C/c2ccc3c(c2)OCO3)c1. The molecule has 0 fully saturated rings. The molecule has 3 aromatic carbocycles. The van der Waals surface area contributed by atoms with Crippen LogP contribution in [-0.2, 0) is 22.7 Å². The van der Waals surface area contributed by atoms with Crippen LogP contribution in [0, 0.1) is 22.7 Å². The smallest absolute Gasteiger partial charge is 0.262 e. The highest BCUT2D eigenvalue weighted by Crippen LogP contribution is 2.34. The second-order valence-electron chi connectivity index (χ2n) is 8.75. The molecule has 2 amide bonds. The van der Waals surface area contributed by atoms with Crippen LogP contribution in [0.5, 0.6) is 23.0 Å². The minimum atomic E-state index is -0.522. The second-order valence-corrected chi connectivity index (χ2v) is 8.75. The zero-order valence-corrected chi connectivity index (χ0v) is 21.1. The third kappa shape index (κ3) is 6.04. The number of nitrogens with zero attached hydrogens (tertiary/aromatic N) is 2. The van der Waals surface area contributed by atoms with Crippen LogP contribution in [0.3, 0.4) is 0 Å². The van der Waals surface area contributed by atoms with E-state index in [2.05, 4.69) is 10.6 Å². The highest BCUT2D eigenvalue weighted by Gasteiger charge is 2.16. The van der Waals surface area contributed by atoms with Crippen molar-refractivity contribution in [3.63, 3.8) is 0 Å². The van der Waals surface area contributed by atoms with Gasteiger partial charge in [0.15, 0.2) is 23.0 Å². The molecule has 0 unspecified atom stereocenters. The monoisotopic (exact) mass is 534 g/mol. The van der Waals surface area contributed by atoms with Crippen LogP contribution in [0.2, 0.25) is 0 Å². The summed E-state index contributed by atoms with van der Waals surface area (Å²) in [4.78, 5) is 25.3. The fourth-order valence-electron chi connectivity index (χ4n) is 4.04. The lowest BCUT2D eigenvalue weighted by atomic mass is 10.1. The summed E-state index contributed by atoms with van der Waals surface area (Å²) >= 11 is 0. The maximum atomic E-state index is 12.6. The molecule has 0 atom stereocenters. The average Bonchev–Trinajstić information content (AvgIpc) is 3.65. The number of nitriles is 2. The summed E-state index contributed by atoms with van der Waals surface area (Å²) in [7, 11) is 0. The standard InChI is InChI=1S/C30H22N4O6/c31-13-23(9-19-4-6-25-27(11-19)39-17-37-25)29(35)33-15-21-2-1-3-22(8-21)16-34-30(36)24(14-32)10-20-5-7-26-28(12-20)40-18-38-26/h1-12H,15-18H2,(H,33,35)(H,34,36)/b23-9+,24-10+. The molecule has 10 nitrogen and oxygen atoms in total. The van der Waals surface area contributed by atoms with Gasteiger partial charge in [-0.3, -0.25) is 9.59 Å². The number of carbonyl (C=O) groups excluding carboxylic acids is 2. The van der Waals surface area contributed by atoms with Crippen molar-refractivity contribution in [1.29, 1.82) is 10.5 Å². The van der Waals surface area contributed by atoms with E-state index in [1.54, 1.807) is 42.5 Å². The number of fused-ring (bicyclic) bond motifs is 2. The van der Waals surface area contributed by atoms with E-state index in [-0.39, 0.29) is 37.8 Å². The summed E-state index contributed by atoms with van der Waals surface area (Å²) in [6, 6.07) is 21.4. The third-order valence-electron chi connectivity index (χ3n) is 6.04. The van der Waals surface area contributed by atoms with Gasteiger partial charge in [0, 0.05) is 13.1 Å². The number of nitrogens with one attached hydrogen (secondary N) is 2. The lowest BCUT2D eigenvalue weighted by molar-refractivity contribution is -0.118. The summed E-state index contributed by atoms with van der Waals surface area (Å²) < 4.78 is 21.2. The van der Waals surface area contributed by atoms with Crippen molar-refractivity contribution in [3.05, 3.63) is 94.1 Å². The van der Waals surface area contributed by atoms with Crippen LogP contribution >= 0.6 is 0 Å². The molecule has 0 spiro atoms. The molecule has 3 aromatic rings. The topological polar surface area (TPSA) is 143 Å². The highest BCUT2D eigenvalue weighted by molar-refractivity contribution is 6.02. The van der Waals surface area contributed by atoms with E-state index in [9.17, 15) is 20.1 Å². The summed E-state index contributed by atoms with van der Waals surface area (Å²) in [5.74, 6) is 1.29. The Kier molecular flexibility index (Phi) is 7.61. The van der Waals surface area contributed by atoms with Crippen molar-refractivity contribution in [2.45, 2.75) is 13.1 Å². The second kappa shape index (κ2) is 11.8. The number of rotatable bonds is 8. The molecule has 40 heavy (non-hydrogen) atoms. The Morgan fingerprint density at radius 3 is 1.57 bits per heavy atom. The molecule has 5 rings (SSSR count). The molecule has 2 aliphatic heterocycles. The third-order valence-corrected chi connectivity index (χ3v) is 6.04. The molecular formula is C30H22N4O6. The quantitative estimate of drug-likeness (QED) is 0.330. The van der Waals surface area contributed by atoms with E-state index < -0.39 is 11.8 Å². The molecular weight excluding hydrogens is 512 g/mol. The van der Waals surface area contributed by atoms with Crippen LogP contribution in [0.4, 0.5) is 0 Å². The molecule has 2 N–H and O–H groups in total. The normalized spacial score (nSPS) is 13.2. The summed E-state index contributed by atoms with van der Waals surface area (Å²) in [5, 5.41) is 24.5. The molecule has 0 bridgehead atoms. The summed E-state index contributed by atoms with van der Waals surface area (Å²) in [6.07, 6.45) is 2.96. The van der Waals surface area contributed by atoms with E-state index in [4.69, 9.17) is 18.9 Å². The van der Waals surface area contributed by atoms with Crippen molar-refractivity contribution in [2.24, 2.45) is 0 Å². The number of hydrogen-bond acceptors (Lipinski definition) is 8. The molecule has 10 heteroatoms. The Morgan fingerprint density at radius 1 is 0.675 bits per heavy atom. The van der Waals surface area contributed by atoms with Gasteiger partial charge in [0.05, 0.1) is 0 Å². The molecule has 0 saturated heterocycles. The number of benzene rings is 3. The van der Waals surface area contributed by atoms with Crippen LogP contribution in [0.1, 0.15) is 22.3 Å². The van der Waals surface area contributed by atoms with E-state index >= 15 is 0 Å². The minimum Gasteiger partial charge on any atom is -0.454 e. The molecule has 0 saturated carbocycles. The van der Waals surface area contributed by atoms with Crippen LogP contribution in [-0.4, -0.2) is 25.4 Å². The molecule has 0 radical (unpaired) electrons. The van der Waals surface area contributed by atoms with Crippen molar-refractivity contribution in [1.82, 2.24) is 10.6 Å². The fraction of sp³-hybridized carbons (Fsp3) is 0.133. The average molecular weight is 535 g/mol. The van der Waals surface area contributed by atoms with Crippen molar-refractivity contribution in [2.75, 3.05) is 13.6 Å². The Morgan fingerprint density at radius 2 is 1.12 bits per heavy atom. The first-order valence-corrected chi connectivity index (χ1v) is 12.2. The predicted molar refractivity (Wildman–Crippen MR) is 142 cm³/mol. The van der Waals surface area contributed by atoms with Gasteiger partial charge in [-0.05, 0) is 58.7 Å². The minimum absolute atomic E-state index is 0.0550. The van der Waals surface area contributed by atoms with Gasteiger partial charge in [0.1, 0.15) is 23.3 Å². The molecule has 2 heterocycles. The summed E-state index contributed by atoms with van der Waals surface area (Å²) in [5.41, 5.74) is 2.71. The van der Waals surface area contributed by atoms with Gasteiger partial charge in [-0.25, -0.2) is 0 Å². The lowest BCUT2D eigenvalue weighted by Crippen LogP contribution is -2.25. The first-order chi connectivity index (χ1) is 19.5. The van der Waals surface area contributed by atoms with Gasteiger partial charge in [-0.15, -0.1) is 0 Å². The first-order valence-electron chi connectivity index (χ1n) is 12.2.